The Morgan fingerprint density at radius 3 is 2.59 bits per heavy atom. The molecule has 0 aromatic heterocycles. The zero-order chi connectivity index (χ0) is 12.6. The zero-order valence-electron chi connectivity index (χ0n) is 9.68. The molecule has 2 unspecified atom stereocenters. The van der Waals surface area contributed by atoms with E-state index < -0.39 is 18.1 Å². The molecule has 0 aromatic carbocycles. The third kappa shape index (κ3) is 2.31. The van der Waals surface area contributed by atoms with Gasteiger partial charge in [0.05, 0.1) is 12.5 Å². The number of carboxylic acids is 1. The van der Waals surface area contributed by atoms with Gasteiger partial charge in [-0.1, -0.05) is 0 Å². The molecule has 17 heavy (non-hydrogen) atoms. The van der Waals surface area contributed by atoms with Crippen LogP contribution in [0.25, 0.3) is 0 Å². The second kappa shape index (κ2) is 4.44. The molecule has 1 saturated heterocycles. The number of rotatable bonds is 5. The lowest BCUT2D eigenvalue weighted by Crippen LogP contribution is -2.48. The SMILES string of the molecule is CCN1C(=O)CC(NC(C(=O)O)C2CC2)C1=O. The van der Waals surface area contributed by atoms with E-state index >= 15 is 0 Å². The lowest BCUT2D eigenvalue weighted by Gasteiger charge is -2.18. The van der Waals surface area contributed by atoms with Crippen molar-refractivity contribution in [1.82, 2.24) is 10.2 Å². The summed E-state index contributed by atoms with van der Waals surface area (Å²) in [5, 5.41) is 11.9. The number of nitrogens with zero attached hydrogens (tertiary/aromatic N) is 1. The van der Waals surface area contributed by atoms with Gasteiger partial charge in [-0.2, -0.15) is 0 Å². The van der Waals surface area contributed by atoms with E-state index in [0.29, 0.717) is 6.54 Å². The molecule has 2 aliphatic rings. The number of aliphatic carboxylic acids is 1. The first-order valence-corrected chi connectivity index (χ1v) is 5.87. The van der Waals surface area contributed by atoms with Gasteiger partial charge in [0.15, 0.2) is 0 Å². The number of carbonyl (C=O) groups excluding carboxylic acids is 2. The van der Waals surface area contributed by atoms with E-state index in [1.807, 2.05) is 0 Å². The summed E-state index contributed by atoms with van der Waals surface area (Å²) in [6, 6.07) is -1.36. The number of carbonyl (C=O) groups is 3. The summed E-state index contributed by atoms with van der Waals surface area (Å²) in [6.07, 6.45) is 1.82. The third-order valence-electron chi connectivity index (χ3n) is 3.30. The van der Waals surface area contributed by atoms with Crippen molar-refractivity contribution in [2.45, 2.75) is 38.3 Å². The molecule has 2 amide bonds. The standard InChI is InChI=1S/C11H16N2O4/c1-2-13-8(14)5-7(10(13)15)12-9(11(16)17)6-3-4-6/h6-7,9,12H,2-5H2,1H3,(H,16,17). The lowest BCUT2D eigenvalue weighted by molar-refractivity contribution is -0.140. The molecule has 1 aliphatic heterocycles. The van der Waals surface area contributed by atoms with Crippen LogP contribution in [0.4, 0.5) is 0 Å². The van der Waals surface area contributed by atoms with Gasteiger partial charge in [-0.05, 0) is 25.7 Å². The second-order valence-corrected chi connectivity index (χ2v) is 4.55. The Morgan fingerprint density at radius 1 is 1.53 bits per heavy atom. The van der Waals surface area contributed by atoms with E-state index in [0.717, 1.165) is 12.8 Å². The van der Waals surface area contributed by atoms with Gasteiger partial charge >= 0.3 is 5.97 Å². The van der Waals surface area contributed by atoms with Gasteiger partial charge in [0, 0.05) is 6.54 Å². The number of carboxylic acid groups (broad SMARTS) is 1. The molecule has 2 atom stereocenters. The predicted molar refractivity (Wildman–Crippen MR) is 58.1 cm³/mol. The Hall–Kier alpha value is -1.43. The van der Waals surface area contributed by atoms with Crippen LogP contribution in [0, 0.1) is 5.92 Å². The molecular weight excluding hydrogens is 224 g/mol. The van der Waals surface area contributed by atoms with Crippen LogP contribution >= 0.6 is 0 Å². The highest BCUT2D eigenvalue weighted by atomic mass is 16.4. The van der Waals surface area contributed by atoms with E-state index in [1.54, 1.807) is 6.92 Å². The highest BCUT2D eigenvalue weighted by Crippen LogP contribution is 2.33. The summed E-state index contributed by atoms with van der Waals surface area (Å²) >= 11 is 0. The molecule has 0 spiro atoms. The summed E-state index contributed by atoms with van der Waals surface area (Å²) in [5.41, 5.74) is 0. The fraction of sp³-hybridized carbons (Fsp3) is 0.727. The van der Waals surface area contributed by atoms with Crippen molar-refractivity contribution in [2.75, 3.05) is 6.54 Å². The van der Waals surface area contributed by atoms with E-state index in [-0.39, 0.29) is 24.2 Å². The van der Waals surface area contributed by atoms with Crippen LogP contribution in [0.3, 0.4) is 0 Å². The summed E-state index contributed by atoms with van der Waals surface area (Å²) in [5.74, 6) is -1.37. The summed E-state index contributed by atoms with van der Waals surface area (Å²) < 4.78 is 0. The summed E-state index contributed by atoms with van der Waals surface area (Å²) in [4.78, 5) is 35.5. The number of amides is 2. The van der Waals surface area contributed by atoms with Gasteiger partial charge < -0.3 is 5.11 Å². The monoisotopic (exact) mass is 240 g/mol. The molecule has 0 aromatic rings. The van der Waals surface area contributed by atoms with Crippen molar-refractivity contribution in [2.24, 2.45) is 5.92 Å². The minimum Gasteiger partial charge on any atom is -0.480 e. The maximum Gasteiger partial charge on any atom is 0.321 e. The van der Waals surface area contributed by atoms with E-state index in [1.165, 1.54) is 4.90 Å². The first kappa shape index (κ1) is 12.0. The molecule has 1 aliphatic carbocycles. The quantitative estimate of drug-likeness (QED) is 0.638. The largest absolute Gasteiger partial charge is 0.480 e. The molecule has 6 heteroatoms. The molecular formula is C11H16N2O4. The fourth-order valence-corrected chi connectivity index (χ4v) is 2.20. The molecule has 94 valence electrons. The molecule has 2 rings (SSSR count). The smallest absolute Gasteiger partial charge is 0.321 e. The van der Waals surface area contributed by atoms with Gasteiger partial charge in [-0.3, -0.25) is 24.6 Å². The van der Waals surface area contributed by atoms with Crippen LogP contribution in [0.5, 0.6) is 0 Å². The van der Waals surface area contributed by atoms with Gasteiger partial charge in [0.1, 0.15) is 6.04 Å². The Kier molecular flexibility index (Phi) is 3.15. The van der Waals surface area contributed by atoms with Gasteiger partial charge in [-0.15, -0.1) is 0 Å². The van der Waals surface area contributed by atoms with Gasteiger partial charge in [0.2, 0.25) is 11.8 Å². The van der Waals surface area contributed by atoms with Gasteiger partial charge in [0.25, 0.3) is 0 Å². The minimum absolute atomic E-state index is 0.0726. The van der Waals surface area contributed by atoms with E-state index in [9.17, 15) is 14.4 Å². The number of likely N-dealkylation sites (N-methyl/N-ethyl adjacent to an activating group) is 1. The van der Waals surface area contributed by atoms with Crippen LogP contribution in [0.1, 0.15) is 26.2 Å². The number of hydrogen-bond donors (Lipinski definition) is 2. The predicted octanol–water partition coefficient (Wildman–Crippen LogP) is -0.413. The lowest BCUT2D eigenvalue weighted by atomic mass is 10.1. The van der Waals surface area contributed by atoms with E-state index in [2.05, 4.69) is 5.32 Å². The highest BCUT2D eigenvalue weighted by molar-refractivity contribution is 6.05. The third-order valence-corrected chi connectivity index (χ3v) is 3.30. The number of likely N-dealkylation sites (tertiary alicyclic amines) is 1. The summed E-state index contributed by atoms with van der Waals surface area (Å²) in [7, 11) is 0. The van der Waals surface area contributed by atoms with Crippen LogP contribution in [-0.2, 0) is 14.4 Å². The Bertz CT molecular complexity index is 364. The molecule has 1 saturated carbocycles. The maximum atomic E-state index is 11.8. The molecule has 1 heterocycles. The van der Waals surface area contributed by atoms with Gasteiger partial charge in [-0.25, -0.2) is 0 Å². The van der Waals surface area contributed by atoms with Crippen LogP contribution < -0.4 is 5.32 Å². The second-order valence-electron chi connectivity index (χ2n) is 4.55. The Labute approximate surface area is 99.0 Å². The molecule has 6 nitrogen and oxygen atoms in total. The zero-order valence-corrected chi connectivity index (χ0v) is 9.68. The van der Waals surface area contributed by atoms with Crippen molar-refractivity contribution in [3.05, 3.63) is 0 Å². The topological polar surface area (TPSA) is 86.7 Å². The minimum atomic E-state index is -0.942. The highest BCUT2D eigenvalue weighted by Gasteiger charge is 2.43. The van der Waals surface area contributed by atoms with Crippen molar-refractivity contribution in [3.8, 4) is 0 Å². The normalized spacial score (nSPS) is 26.4. The first-order valence-electron chi connectivity index (χ1n) is 5.87. The maximum absolute atomic E-state index is 11.8. The Balaban J connectivity index is 2.01. The molecule has 2 fully saturated rings. The average Bonchev–Trinajstić information content (AvgIpc) is 3.04. The fourth-order valence-electron chi connectivity index (χ4n) is 2.20. The van der Waals surface area contributed by atoms with E-state index in [4.69, 9.17) is 5.11 Å². The molecule has 0 bridgehead atoms. The van der Waals surface area contributed by atoms with Crippen LogP contribution in [-0.4, -0.2) is 46.4 Å². The van der Waals surface area contributed by atoms with Crippen molar-refractivity contribution in [3.63, 3.8) is 0 Å². The number of imide groups is 1. The number of nitrogens with one attached hydrogen (secondary N) is 1. The van der Waals surface area contributed by atoms with Crippen LogP contribution in [0.15, 0.2) is 0 Å². The number of hydrogen-bond acceptors (Lipinski definition) is 4. The average molecular weight is 240 g/mol. The summed E-state index contributed by atoms with van der Waals surface area (Å²) in [6.45, 7) is 2.07. The Morgan fingerprint density at radius 2 is 2.18 bits per heavy atom. The first-order chi connectivity index (χ1) is 8.04. The van der Waals surface area contributed by atoms with Crippen molar-refractivity contribution in [1.29, 1.82) is 0 Å². The van der Waals surface area contributed by atoms with Crippen molar-refractivity contribution >= 4 is 17.8 Å². The molecule has 2 N–H and O–H groups in total. The van der Waals surface area contributed by atoms with Crippen LogP contribution in [0.2, 0.25) is 0 Å². The van der Waals surface area contributed by atoms with Crippen molar-refractivity contribution < 1.29 is 19.5 Å². The molecule has 0 radical (unpaired) electrons.